The summed E-state index contributed by atoms with van der Waals surface area (Å²) in [5, 5.41) is 3.94. The average molecular weight is 383 g/mol. The fourth-order valence-electron chi connectivity index (χ4n) is 2.37. The number of pyridine rings is 1. The van der Waals surface area contributed by atoms with E-state index in [1.165, 1.54) is 10.4 Å². The van der Waals surface area contributed by atoms with E-state index in [1.807, 2.05) is 0 Å². The van der Waals surface area contributed by atoms with Crippen molar-refractivity contribution in [2.75, 3.05) is 13.1 Å². The number of nitrogens with zero attached hydrogens (tertiary/aromatic N) is 4. The average Bonchev–Trinajstić information content (AvgIpc) is 3.16. The van der Waals surface area contributed by atoms with Gasteiger partial charge in [-0.15, -0.1) is 11.3 Å². The first-order valence-electron chi connectivity index (χ1n) is 7.03. The van der Waals surface area contributed by atoms with Gasteiger partial charge in [-0.1, -0.05) is 16.8 Å². The van der Waals surface area contributed by atoms with Gasteiger partial charge in [0.25, 0.3) is 10.0 Å². The molecule has 24 heavy (non-hydrogen) atoms. The Bertz CT molecular complexity index is 965. The SMILES string of the molecule is O=S(=O)(c1ccc(Cl)s1)N1CC(c2nc(-c3ccncc3)no2)C1. The van der Waals surface area contributed by atoms with E-state index >= 15 is 0 Å². The molecule has 7 nitrogen and oxygen atoms in total. The predicted octanol–water partition coefficient (Wildman–Crippen LogP) is 2.63. The highest BCUT2D eigenvalue weighted by Crippen LogP contribution is 2.35. The van der Waals surface area contributed by atoms with Crippen molar-refractivity contribution in [3.05, 3.63) is 46.9 Å². The third-order valence-corrected chi connectivity index (χ3v) is 7.25. The molecule has 1 saturated heterocycles. The zero-order valence-electron chi connectivity index (χ0n) is 12.2. The summed E-state index contributed by atoms with van der Waals surface area (Å²) in [6.07, 6.45) is 3.30. The first-order chi connectivity index (χ1) is 11.5. The first-order valence-corrected chi connectivity index (χ1v) is 9.67. The monoisotopic (exact) mass is 382 g/mol. The zero-order chi connectivity index (χ0) is 16.7. The normalized spacial score (nSPS) is 16.2. The second-order valence-corrected chi connectivity index (χ2v) is 9.15. The summed E-state index contributed by atoms with van der Waals surface area (Å²) in [4.78, 5) is 8.29. The van der Waals surface area contributed by atoms with Crippen molar-refractivity contribution in [3.63, 3.8) is 0 Å². The topological polar surface area (TPSA) is 89.2 Å². The Morgan fingerprint density at radius 1 is 1.21 bits per heavy atom. The van der Waals surface area contributed by atoms with Gasteiger partial charge in [0.1, 0.15) is 4.21 Å². The molecule has 3 aromatic rings. The fourth-order valence-corrected chi connectivity index (χ4v) is 5.54. The van der Waals surface area contributed by atoms with Crippen LogP contribution in [0.15, 0.2) is 45.4 Å². The van der Waals surface area contributed by atoms with Crippen LogP contribution in [0.25, 0.3) is 11.4 Å². The third-order valence-electron chi connectivity index (χ3n) is 3.72. The quantitative estimate of drug-likeness (QED) is 0.689. The summed E-state index contributed by atoms with van der Waals surface area (Å²) in [5.41, 5.74) is 0.803. The fraction of sp³-hybridized carbons (Fsp3) is 0.214. The van der Waals surface area contributed by atoms with E-state index in [9.17, 15) is 8.42 Å². The van der Waals surface area contributed by atoms with Gasteiger partial charge in [0, 0.05) is 31.0 Å². The van der Waals surface area contributed by atoms with E-state index in [0.717, 1.165) is 16.9 Å². The van der Waals surface area contributed by atoms with Gasteiger partial charge in [0.05, 0.1) is 10.3 Å². The molecule has 124 valence electrons. The van der Waals surface area contributed by atoms with Gasteiger partial charge in [-0.3, -0.25) is 4.98 Å². The molecule has 1 fully saturated rings. The van der Waals surface area contributed by atoms with Crippen LogP contribution < -0.4 is 0 Å². The van der Waals surface area contributed by atoms with E-state index < -0.39 is 10.0 Å². The molecule has 0 unspecified atom stereocenters. The van der Waals surface area contributed by atoms with E-state index in [0.29, 0.717) is 29.1 Å². The number of rotatable bonds is 4. The van der Waals surface area contributed by atoms with Crippen LogP contribution in [0.2, 0.25) is 4.34 Å². The number of hydrogen-bond acceptors (Lipinski definition) is 7. The Morgan fingerprint density at radius 3 is 2.62 bits per heavy atom. The van der Waals surface area contributed by atoms with Gasteiger partial charge in [-0.25, -0.2) is 8.42 Å². The molecular weight excluding hydrogens is 372 g/mol. The molecule has 0 spiro atoms. The van der Waals surface area contributed by atoms with Crippen LogP contribution in [0, 0.1) is 0 Å². The number of hydrogen-bond donors (Lipinski definition) is 0. The predicted molar refractivity (Wildman–Crippen MR) is 88.4 cm³/mol. The second kappa shape index (κ2) is 5.92. The van der Waals surface area contributed by atoms with Crippen molar-refractivity contribution < 1.29 is 12.9 Å². The molecule has 1 aliphatic heterocycles. The van der Waals surface area contributed by atoms with E-state index in [-0.39, 0.29) is 10.1 Å². The Morgan fingerprint density at radius 2 is 1.96 bits per heavy atom. The first kappa shape index (κ1) is 15.7. The van der Waals surface area contributed by atoms with Crippen LogP contribution in [-0.4, -0.2) is 40.9 Å². The summed E-state index contributed by atoms with van der Waals surface area (Å²) >= 11 is 6.86. The van der Waals surface area contributed by atoms with Crippen molar-refractivity contribution in [1.29, 1.82) is 0 Å². The molecule has 0 aromatic carbocycles. The molecule has 0 aliphatic carbocycles. The van der Waals surface area contributed by atoms with Gasteiger partial charge in [0.15, 0.2) is 0 Å². The Labute approximate surface area is 147 Å². The molecule has 4 heterocycles. The third kappa shape index (κ3) is 2.73. The highest BCUT2D eigenvalue weighted by molar-refractivity contribution is 7.91. The summed E-state index contributed by atoms with van der Waals surface area (Å²) in [6, 6.07) is 6.67. The largest absolute Gasteiger partial charge is 0.339 e. The molecule has 0 amide bonds. The standard InChI is InChI=1S/C14H11ClN4O3S2/c15-11-1-2-12(23-11)24(20,21)19-7-10(8-19)14-17-13(18-22-14)9-3-5-16-6-4-9/h1-6,10H,7-8H2. The maximum atomic E-state index is 12.4. The number of sulfonamides is 1. The van der Waals surface area contributed by atoms with Crippen molar-refractivity contribution in [3.8, 4) is 11.4 Å². The molecule has 10 heteroatoms. The summed E-state index contributed by atoms with van der Waals surface area (Å²) < 4.78 is 32.2. The molecule has 0 bridgehead atoms. The maximum Gasteiger partial charge on any atom is 0.252 e. The molecule has 4 rings (SSSR count). The summed E-state index contributed by atoms with van der Waals surface area (Å²) in [6.45, 7) is 0.631. The van der Waals surface area contributed by atoms with Crippen LogP contribution >= 0.6 is 22.9 Å². The van der Waals surface area contributed by atoms with Crippen LogP contribution in [0.5, 0.6) is 0 Å². The highest BCUT2D eigenvalue weighted by atomic mass is 35.5. The lowest BCUT2D eigenvalue weighted by Gasteiger charge is -2.35. The lowest BCUT2D eigenvalue weighted by Crippen LogP contribution is -2.48. The van der Waals surface area contributed by atoms with Crippen LogP contribution in [0.1, 0.15) is 11.8 Å². The van der Waals surface area contributed by atoms with Crippen molar-refractivity contribution in [1.82, 2.24) is 19.4 Å². The van der Waals surface area contributed by atoms with E-state index in [4.69, 9.17) is 16.1 Å². The summed E-state index contributed by atoms with van der Waals surface area (Å²) in [7, 11) is -3.50. The van der Waals surface area contributed by atoms with Crippen molar-refractivity contribution in [2.45, 2.75) is 10.1 Å². The van der Waals surface area contributed by atoms with Gasteiger partial charge in [0.2, 0.25) is 11.7 Å². The lowest BCUT2D eigenvalue weighted by molar-refractivity contribution is 0.217. The van der Waals surface area contributed by atoms with Crippen LogP contribution in [-0.2, 0) is 10.0 Å². The summed E-state index contributed by atoms with van der Waals surface area (Å²) in [5.74, 6) is 0.814. The zero-order valence-corrected chi connectivity index (χ0v) is 14.6. The molecule has 0 N–H and O–H groups in total. The van der Waals surface area contributed by atoms with Gasteiger partial charge >= 0.3 is 0 Å². The minimum Gasteiger partial charge on any atom is -0.339 e. The Kier molecular flexibility index (Phi) is 3.87. The van der Waals surface area contributed by atoms with Gasteiger partial charge < -0.3 is 4.52 Å². The Hall–Kier alpha value is -1.81. The van der Waals surface area contributed by atoms with Gasteiger partial charge in [-0.05, 0) is 24.3 Å². The smallest absolute Gasteiger partial charge is 0.252 e. The molecule has 1 aliphatic rings. The lowest BCUT2D eigenvalue weighted by atomic mass is 10.0. The molecular formula is C14H11ClN4O3S2. The van der Waals surface area contributed by atoms with Gasteiger partial charge in [-0.2, -0.15) is 9.29 Å². The van der Waals surface area contributed by atoms with Crippen LogP contribution in [0.3, 0.4) is 0 Å². The molecule has 0 atom stereocenters. The minimum atomic E-state index is -3.50. The number of halogens is 1. The van der Waals surface area contributed by atoms with Crippen LogP contribution in [0.4, 0.5) is 0 Å². The second-order valence-electron chi connectivity index (χ2n) is 5.27. The highest BCUT2D eigenvalue weighted by Gasteiger charge is 2.41. The number of thiophene rings is 1. The van der Waals surface area contributed by atoms with E-state index in [2.05, 4.69) is 15.1 Å². The number of aromatic nitrogens is 3. The minimum absolute atomic E-state index is 0.0988. The molecule has 0 radical (unpaired) electrons. The Balaban J connectivity index is 1.47. The maximum absolute atomic E-state index is 12.4. The molecule has 3 aromatic heterocycles. The molecule has 0 saturated carbocycles. The van der Waals surface area contributed by atoms with E-state index in [1.54, 1.807) is 30.6 Å². The van der Waals surface area contributed by atoms with Crippen molar-refractivity contribution in [2.24, 2.45) is 0 Å². The van der Waals surface area contributed by atoms with Crippen molar-refractivity contribution >= 4 is 33.0 Å².